The third kappa shape index (κ3) is 4.72. The smallest absolute Gasteiger partial charge is 0.0907 e. The molecule has 4 heteroatoms. The molecule has 0 saturated heterocycles. The Labute approximate surface area is 60.5 Å². The highest BCUT2D eigenvalue weighted by atomic mass is 32.1. The summed E-state index contributed by atoms with van der Waals surface area (Å²) in [5.41, 5.74) is -0.247. The van der Waals surface area contributed by atoms with Gasteiger partial charge < -0.3 is 5.11 Å². The zero-order valence-corrected chi connectivity index (χ0v) is 6.52. The average Bonchev–Trinajstić information content (AvgIpc) is 1.84. The van der Waals surface area contributed by atoms with Crippen LogP contribution in [0.1, 0.15) is 13.8 Å². The first-order valence-electron chi connectivity index (χ1n) is 2.66. The molecule has 9 heavy (non-hydrogen) atoms. The Morgan fingerprint density at radius 1 is 1.56 bits per heavy atom. The van der Waals surface area contributed by atoms with E-state index in [1.807, 2.05) is 13.8 Å². The Morgan fingerprint density at radius 3 is 2.44 bits per heavy atom. The minimum absolute atomic E-state index is 0.0735. The molecular formula is C5H12O3S. The lowest BCUT2D eigenvalue weighted by Crippen LogP contribution is -2.22. The third-order valence-electron chi connectivity index (χ3n) is 0.930. The summed E-state index contributed by atoms with van der Waals surface area (Å²) < 4.78 is 4.06. The summed E-state index contributed by atoms with van der Waals surface area (Å²) in [6.07, 6.45) is 0. The maximum Gasteiger partial charge on any atom is 0.0907 e. The molecule has 0 aromatic rings. The first-order chi connectivity index (χ1) is 4.12. The molecule has 0 aliphatic heterocycles. The standard InChI is InChI=1S/C5H12O3S/c1-5(2,3-6)4-7-8-9/h6,9H,3-4H2,1-2H3. The highest BCUT2D eigenvalue weighted by Crippen LogP contribution is 2.13. The molecule has 1 N–H and O–H groups in total. The second kappa shape index (κ2) is 4.11. The third-order valence-corrected chi connectivity index (χ3v) is 1.04. The van der Waals surface area contributed by atoms with E-state index in [4.69, 9.17) is 5.11 Å². The predicted molar refractivity (Wildman–Crippen MR) is 36.9 cm³/mol. The Hall–Kier alpha value is 0.230. The molecule has 0 unspecified atom stereocenters. The number of hydrogen-bond acceptors (Lipinski definition) is 4. The van der Waals surface area contributed by atoms with E-state index in [1.54, 1.807) is 0 Å². The topological polar surface area (TPSA) is 38.7 Å². The molecule has 0 radical (unpaired) electrons. The van der Waals surface area contributed by atoms with Crippen molar-refractivity contribution in [3.63, 3.8) is 0 Å². The van der Waals surface area contributed by atoms with Crippen LogP contribution in [0.2, 0.25) is 0 Å². The van der Waals surface area contributed by atoms with Crippen LogP contribution in [0.4, 0.5) is 0 Å². The van der Waals surface area contributed by atoms with Crippen molar-refractivity contribution >= 4 is 12.9 Å². The number of aliphatic hydroxyl groups is 1. The van der Waals surface area contributed by atoms with E-state index in [2.05, 4.69) is 22.1 Å². The molecule has 0 aliphatic carbocycles. The van der Waals surface area contributed by atoms with Gasteiger partial charge >= 0.3 is 0 Å². The minimum Gasteiger partial charge on any atom is -0.396 e. The van der Waals surface area contributed by atoms with E-state index in [0.717, 1.165) is 0 Å². The average molecular weight is 152 g/mol. The van der Waals surface area contributed by atoms with Crippen molar-refractivity contribution in [1.29, 1.82) is 0 Å². The maximum absolute atomic E-state index is 8.66. The summed E-state index contributed by atoms with van der Waals surface area (Å²) in [5.74, 6) is 0. The SMILES string of the molecule is CC(C)(CO)COOS. The van der Waals surface area contributed by atoms with Crippen molar-refractivity contribution in [2.75, 3.05) is 13.2 Å². The lowest BCUT2D eigenvalue weighted by atomic mass is 9.97. The minimum atomic E-state index is -0.247. The fourth-order valence-electron chi connectivity index (χ4n) is 0.232. The van der Waals surface area contributed by atoms with Gasteiger partial charge in [0.05, 0.1) is 13.2 Å². The van der Waals surface area contributed by atoms with Crippen LogP contribution in [0.5, 0.6) is 0 Å². The molecule has 56 valence electrons. The van der Waals surface area contributed by atoms with Gasteiger partial charge in [-0.05, 0) is 0 Å². The summed E-state index contributed by atoms with van der Waals surface area (Å²) in [5, 5.41) is 8.66. The fourth-order valence-corrected chi connectivity index (χ4v) is 0.284. The largest absolute Gasteiger partial charge is 0.396 e. The van der Waals surface area contributed by atoms with Crippen LogP contribution in [0, 0.1) is 5.41 Å². The van der Waals surface area contributed by atoms with E-state index >= 15 is 0 Å². The van der Waals surface area contributed by atoms with Gasteiger partial charge in [0.15, 0.2) is 0 Å². The van der Waals surface area contributed by atoms with E-state index in [1.165, 1.54) is 0 Å². The second-order valence-electron chi connectivity index (χ2n) is 2.66. The van der Waals surface area contributed by atoms with Gasteiger partial charge in [0.2, 0.25) is 0 Å². The van der Waals surface area contributed by atoms with Crippen LogP contribution >= 0.6 is 12.9 Å². The normalized spacial score (nSPS) is 12.0. The van der Waals surface area contributed by atoms with Gasteiger partial charge in [-0.15, -0.1) is 0 Å². The maximum atomic E-state index is 8.66. The summed E-state index contributed by atoms with van der Waals surface area (Å²) in [6, 6.07) is 0. The molecule has 0 amide bonds. The van der Waals surface area contributed by atoms with Crippen molar-refractivity contribution in [3.05, 3.63) is 0 Å². The summed E-state index contributed by atoms with van der Waals surface area (Å²) >= 11 is 3.37. The fraction of sp³-hybridized carbons (Fsp3) is 1.00. The van der Waals surface area contributed by atoms with E-state index < -0.39 is 0 Å². The number of aliphatic hydroxyl groups excluding tert-OH is 1. The monoisotopic (exact) mass is 152 g/mol. The van der Waals surface area contributed by atoms with E-state index in [0.29, 0.717) is 6.61 Å². The molecular weight excluding hydrogens is 140 g/mol. The molecule has 0 fully saturated rings. The Kier molecular flexibility index (Phi) is 4.22. The van der Waals surface area contributed by atoms with Gasteiger partial charge in [0.25, 0.3) is 0 Å². The Balaban J connectivity index is 3.33. The Bertz CT molecular complexity index is 74.6. The summed E-state index contributed by atoms with van der Waals surface area (Å²) in [6.45, 7) is 4.14. The molecule has 0 heterocycles. The molecule has 0 atom stereocenters. The van der Waals surface area contributed by atoms with Crippen molar-refractivity contribution in [2.24, 2.45) is 5.41 Å². The lowest BCUT2D eigenvalue weighted by Gasteiger charge is -2.18. The van der Waals surface area contributed by atoms with Crippen LogP contribution in [-0.4, -0.2) is 18.3 Å². The van der Waals surface area contributed by atoms with Gasteiger partial charge in [-0.25, -0.2) is 4.89 Å². The van der Waals surface area contributed by atoms with Crippen molar-refractivity contribution < 1.29 is 14.3 Å². The molecule has 0 rings (SSSR count). The lowest BCUT2D eigenvalue weighted by molar-refractivity contribution is -0.212. The Morgan fingerprint density at radius 2 is 2.11 bits per heavy atom. The van der Waals surface area contributed by atoms with Gasteiger partial charge in [0, 0.05) is 18.3 Å². The summed E-state index contributed by atoms with van der Waals surface area (Å²) in [4.78, 5) is 4.49. The van der Waals surface area contributed by atoms with Crippen molar-refractivity contribution in [2.45, 2.75) is 13.8 Å². The van der Waals surface area contributed by atoms with Gasteiger partial charge in [-0.1, -0.05) is 13.8 Å². The molecule has 0 saturated carbocycles. The highest BCUT2D eigenvalue weighted by molar-refractivity contribution is 7.74. The second-order valence-corrected chi connectivity index (χ2v) is 2.81. The highest BCUT2D eigenvalue weighted by Gasteiger charge is 2.16. The van der Waals surface area contributed by atoms with E-state index in [-0.39, 0.29) is 12.0 Å². The van der Waals surface area contributed by atoms with E-state index in [9.17, 15) is 0 Å². The zero-order valence-electron chi connectivity index (χ0n) is 5.63. The van der Waals surface area contributed by atoms with Crippen LogP contribution in [0.15, 0.2) is 0 Å². The number of rotatable bonds is 4. The van der Waals surface area contributed by atoms with Crippen molar-refractivity contribution in [1.82, 2.24) is 0 Å². The van der Waals surface area contributed by atoms with Gasteiger partial charge in [0.1, 0.15) is 0 Å². The molecule has 0 bridgehead atoms. The van der Waals surface area contributed by atoms with Crippen LogP contribution in [0.25, 0.3) is 0 Å². The molecule has 0 spiro atoms. The van der Waals surface area contributed by atoms with Gasteiger partial charge in [-0.3, -0.25) is 0 Å². The quantitative estimate of drug-likeness (QED) is 0.271. The van der Waals surface area contributed by atoms with Gasteiger partial charge in [-0.2, -0.15) is 4.33 Å². The number of hydrogen-bond donors (Lipinski definition) is 2. The van der Waals surface area contributed by atoms with Crippen LogP contribution < -0.4 is 0 Å². The molecule has 0 aromatic heterocycles. The number of thiol groups is 1. The molecule has 0 aliphatic rings. The van der Waals surface area contributed by atoms with Crippen molar-refractivity contribution in [3.8, 4) is 0 Å². The van der Waals surface area contributed by atoms with Crippen LogP contribution in [-0.2, 0) is 9.22 Å². The zero-order chi connectivity index (χ0) is 7.33. The molecule has 0 aromatic carbocycles. The van der Waals surface area contributed by atoms with Crippen LogP contribution in [0.3, 0.4) is 0 Å². The predicted octanol–water partition coefficient (Wildman–Crippen LogP) is 0.798. The first-order valence-corrected chi connectivity index (χ1v) is 3.03. The first kappa shape index (κ1) is 9.23. The molecule has 3 nitrogen and oxygen atoms in total. The summed E-state index contributed by atoms with van der Waals surface area (Å²) in [7, 11) is 0.